The molecule has 98 valence electrons. The summed E-state index contributed by atoms with van der Waals surface area (Å²) >= 11 is 2.83. The number of benzene rings is 1. The molecule has 0 radical (unpaired) electrons. The van der Waals surface area contributed by atoms with Gasteiger partial charge in [0.15, 0.2) is 10.1 Å². The fraction of sp³-hybridized carbons (Fsp3) is 0.357. The predicted octanol–water partition coefficient (Wildman–Crippen LogP) is 3.31. The van der Waals surface area contributed by atoms with E-state index in [1.165, 1.54) is 40.8 Å². The van der Waals surface area contributed by atoms with E-state index in [0.29, 0.717) is 5.75 Å². The number of carbonyl (C=O) groups is 1. The molecule has 3 nitrogen and oxygen atoms in total. The Kier molecular flexibility index (Phi) is 3.66. The van der Waals surface area contributed by atoms with Gasteiger partial charge in [-0.05, 0) is 54.9 Å². The number of aryl methyl sites for hydroxylation is 3. The number of nitrogens with zero attached hydrogens (tertiary/aromatic N) is 2. The normalized spacial score (nSPS) is 13.5. The van der Waals surface area contributed by atoms with Gasteiger partial charge in [-0.3, -0.25) is 4.79 Å². The van der Waals surface area contributed by atoms with Gasteiger partial charge in [0.2, 0.25) is 0 Å². The van der Waals surface area contributed by atoms with E-state index < -0.39 is 0 Å². The molecule has 1 aliphatic rings. The molecule has 1 aromatic carbocycles. The highest BCUT2D eigenvalue weighted by molar-refractivity contribution is 8.01. The van der Waals surface area contributed by atoms with Gasteiger partial charge >= 0.3 is 0 Å². The first kappa shape index (κ1) is 12.8. The maximum atomic E-state index is 12.2. The summed E-state index contributed by atoms with van der Waals surface area (Å²) in [6.45, 7) is 1.86. The maximum absolute atomic E-state index is 12.2. The van der Waals surface area contributed by atoms with Crippen molar-refractivity contribution in [2.24, 2.45) is 0 Å². The SMILES string of the molecule is Cc1nsc(SCC(=O)c2ccc3c(c2)CCC3)n1. The third kappa shape index (κ3) is 2.87. The molecule has 3 rings (SSSR count). The number of rotatable bonds is 4. The Hall–Kier alpha value is -1.20. The Morgan fingerprint density at radius 1 is 1.37 bits per heavy atom. The zero-order valence-corrected chi connectivity index (χ0v) is 12.3. The van der Waals surface area contributed by atoms with Crippen LogP contribution in [-0.2, 0) is 12.8 Å². The zero-order chi connectivity index (χ0) is 13.2. The summed E-state index contributed by atoms with van der Waals surface area (Å²) in [5, 5.41) is 0. The smallest absolute Gasteiger partial charge is 0.173 e. The van der Waals surface area contributed by atoms with Crippen LogP contribution in [0, 0.1) is 6.92 Å². The lowest BCUT2D eigenvalue weighted by molar-refractivity contribution is 0.102. The molecule has 0 spiro atoms. The van der Waals surface area contributed by atoms with Crippen LogP contribution in [0.1, 0.15) is 33.7 Å². The summed E-state index contributed by atoms with van der Waals surface area (Å²) in [4.78, 5) is 16.4. The molecule has 0 saturated heterocycles. The van der Waals surface area contributed by atoms with Crippen molar-refractivity contribution in [3.63, 3.8) is 0 Å². The summed E-state index contributed by atoms with van der Waals surface area (Å²) < 4.78 is 4.98. The van der Waals surface area contributed by atoms with E-state index >= 15 is 0 Å². The second-order valence-electron chi connectivity index (χ2n) is 4.66. The van der Waals surface area contributed by atoms with Crippen molar-refractivity contribution in [2.75, 3.05) is 5.75 Å². The number of Topliss-reactive ketones (excluding diaryl/α,β-unsaturated/α-hetero) is 1. The Morgan fingerprint density at radius 2 is 2.21 bits per heavy atom. The van der Waals surface area contributed by atoms with Crippen LogP contribution in [0.15, 0.2) is 22.5 Å². The van der Waals surface area contributed by atoms with Crippen LogP contribution in [-0.4, -0.2) is 20.9 Å². The summed E-state index contributed by atoms with van der Waals surface area (Å²) in [5.41, 5.74) is 3.58. The fourth-order valence-electron chi connectivity index (χ4n) is 2.29. The average molecular weight is 290 g/mol. The number of ketones is 1. The lowest BCUT2D eigenvalue weighted by Gasteiger charge is -2.03. The summed E-state index contributed by atoms with van der Waals surface area (Å²) in [7, 11) is 0. The van der Waals surface area contributed by atoms with Crippen LogP contribution in [0.5, 0.6) is 0 Å². The van der Waals surface area contributed by atoms with E-state index in [-0.39, 0.29) is 5.78 Å². The van der Waals surface area contributed by atoms with Gasteiger partial charge in [0.1, 0.15) is 5.82 Å². The maximum Gasteiger partial charge on any atom is 0.173 e. The molecule has 0 unspecified atom stereocenters. The van der Waals surface area contributed by atoms with Gasteiger partial charge in [-0.1, -0.05) is 23.9 Å². The molecule has 0 atom stereocenters. The quantitative estimate of drug-likeness (QED) is 0.640. The van der Waals surface area contributed by atoms with Gasteiger partial charge in [-0.15, -0.1) is 0 Å². The topological polar surface area (TPSA) is 42.9 Å². The molecule has 1 aromatic heterocycles. The van der Waals surface area contributed by atoms with Gasteiger partial charge in [-0.25, -0.2) is 4.98 Å². The second kappa shape index (κ2) is 5.43. The summed E-state index contributed by atoms with van der Waals surface area (Å²) in [6, 6.07) is 6.13. The van der Waals surface area contributed by atoms with Crippen molar-refractivity contribution in [3.8, 4) is 0 Å². The first-order valence-electron chi connectivity index (χ1n) is 6.30. The number of thioether (sulfide) groups is 1. The molecule has 19 heavy (non-hydrogen) atoms. The summed E-state index contributed by atoms with van der Waals surface area (Å²) in [6.07, 6.45) is 3.48. The third-order valence-corrected chi connectivity index (χ3v) is 5.18. The first-order chi connectivity index (χ1) is 9.22. The lowest BCUT2D eigenvalue weighted by atomic mass is 10.0. The van der Waals surface area contributed by atoms with Crippen molar-refractivity contribution in [3.05, 3.63) is 40.7 Å². The van der Waals surface area contributed by atoms with Crippen molar-refractivity contribution < 1.29 is 4.79 Å². The Bertz CT molecular complexity index is 622. The minimum Gasteiger partial charge on any atom is -0.293 e. The Morgan fingerprint density at radius 3 is 3.00 bits per heavy atom. The number of hydrogen-bond acceptors (Lipinski definition) is 5. The van der Waals surface area contributed by atoms with Crippen LogP contribution < -0.4 is 0 Å². The van der Waals surface area contributed by atoms with Gasteiger partial charge in [0.25, 0.3) is 0 Å². The van der Waals surface area contributed by atoms with E-state index in [0.717, 1.165) is 28.6 Å². The van der Waals surface area contributed by atoms with E-state index in [1.54, 1.807) is 0 Å². The van der Waals surface area contributed by atoms with Crippen LogP contribution in [0.4, 0.5) is 0 Å². The molecular weight excluding hydrogens is 276 g/mol. The fourth-order valence-corrected chi connectivity index (χ4v) is 3.83. The highest BCUT2D eigenvalue weighted by Gasteiger charge is 2.14. The van der Waals surface area contributed by atoms with Crippen molar-refractivity contribution in [1.29, 1.82) is 0 Å². The van der Waals surface area contributed by atoms with Crippen LogP contribution in [0.3, 0.4) is 0 Å². The molecule has 2 aromatic rings. The molecular formula is C14H14N2OS2. The predicted molar refractivity (Wildman–Crippen MR) is 78.2 cm³/mol. The molecule has 5 heteroatoms. The number of hydrogen-bond donors (Lipinski definition) is 0. The zero-order valence-electron chi connectivity index (χ0n) is 10.7. The number of fused-ring (bicyclic) bond motifs is 1. The Labute approximate surface area is 120 Å². The molecule has 0 fully saturated rings. The second-order valence-corrected chi connectivity index (χ2v) is 6.63. The average Bonchev–Trinajstić information content (AvgIpc) is 3.03. The van der Waals surface area contributed by atoms with Gasteiger partial charge in [0, 0.05) is 5.56 Å². The monoisotopic (exact) mass is 290 g/mol. The third-order valence-electron chi connectivity index (χ3n) is 3.26. The molecule has 0 N–H and O–H groups in total. The first-order valence-corrected chi connectivity index (χ1v) is 8.06. The lowest BCUT2D eigenvalue weighted by Crippen LogP contribution is -2.03. The molecule has 0 saturated carbocycles. The van der Waals surface area contributed by atoms with Crippen LogP contribution >= 0.6 is 23.3 Å². The number of aromatic nitrogens is 2. The van der Waals surface area contributed by atoms with Crippen LogP contribution in [0.2, 0.25) is 0 Å². The minimum atomic E-state index is 0.174. The van der Waals surface area contributed by atoms with Gasteiger partial charge in [-0.2, -0.15) is 4.37 Å². The van der Waals surface area contributed by atoms with E-state index in [9.17, 15) is 4.79 Å². The van der Waals surface area contributed by atoms with E-state index in [1.807, 2.05) is 13.0 Å². The molecule has 0 bridgehead atoms. The largest absolute Gasteiger partial charge is 0.293 e. The van der Waals surface area contributed by atoms with Crippen molar-refractivity contribution in [2.45, 2.75) is 30.5 Å². The van der Waals surface area contributed by atoms with Gasteiger partial charge in [0.05, 0.1) is 5.75 Å². The molecule has 1 heterocycles. The van der Waals surface area contributed by atoms with Gasteiger partial charge < -0.3 is 0 Å². The molecule has 0 aliphatic heterocycles. The van der Waals surface area contributed by atoms with Crippen molar-refractivity contribution >= 4 is 29.1 Å². The Balaban J connectivity index is 1.67. The van der Waals surface area contributed by atoms with E-state index in [4.69, 9.17) is 0 Å². The summed E-state index contributed by atoms with van der Waals surface area (Å²) in [5.74, 6) is 1.39. The number of carbonyl (C=O) groups excluding carboxylic acids is 1. The molecule has 0 amide bonds. The van der Waals surface area contributed by atoms with E-state index in [2.05, 4.69) is 21.5 Å². The van der Waals surface area contributed by atoms with Crippen LogP contribution in [0.25, 0.3) is 0 Å². The molecule has 1 aliphatic carbocycles. The standard InChI is InChI=1S/C14H14N2OS2/c1-9-15-14(19-16-9)18-8-13(17)12-6-5-10-3-2-4-11(10)7-12/h5-7H,2-4,8H2,1H3. The highest BCUT2D eigenvalue weighted by Crippen LogP contribution is 2.25. The highest BCUT2D eigenvalue weighted by atomic mass is 32.2. The minimum absolute atomic E-state index is 0.174. The van der Waals surface area contributed by atoms with Crippen molar-refractivity contribution in [1.82, 2.24) is 9.36 Å².